The number of likely N-dealkylation sites (tertiary alicyclic amines) is 1. The Hall–Kier alpha value is -3.02. The van der Waals surface area contributed by atoms with E-state index in [2.05, 4.69) is 10.1 Å². The Kier molecular flexibility index (Phi) is 4.01. The second kappa shape index (κ2) is 6.47. The van der Waals surface area contributed by atoms with Gasteiger partial charge in [0, 0.05) is 24.8 Å². The Labute approximate surface area is 145 Å². The predicted molar refractivity (Wildman–Crippen MR) is 93.6 cm³/mol. The number of fused-ring (bicyclic) bond motifs is 1. The van der Waals surface area contributed by atoms with E-state index in [0.29, 0.717) is 17.5 Å². The molecule has 0 atom stereocenters. The van der Waals surface area contributed by atoms with Crippen LogP contribution in [-0.4, -0.2) is 44.8 Å². The zero-order valence-electron chi connectivity index (χ0n) is 13.8. The van der Waals surface area contributed by atoms with E-state index in [1.807, 2.05) is 29.2 Å². The first-order chi connectivity index (χ1) is 12.3. The van der Waals surface area contributed by atoms with Crippen LogP contribution >= 0.6 is 0 Å². The van der Waals surface area contributed by atoms with Crippen molar-refractivity contribution in [3.05, 3.63) is 54.0 Å². The van der Waals surface area contributed by atoms with Crippen molar-refractivity contribution in [2.24, 2.45) is 0 Å². The number of amides is 1. The summed E-state index contributed by atoms with van der Waals surface area (Å²) in [7, 11) is 0. The molecule has 4 rings (SSSR count). The Morgan fingerprint density at radius 2 is 1.88 bits per heavy atom. The summed E-state index contributed by atoms with van der Waals surface area (Å²) in [6, 6.07) is 9.24. The fourth-order valence-electron chi connectivity index (χ4n) is 3.29. The van der Waals surface area contributed by atoms with E-state index in [9.17, 15) is 9.59 Å². The summed E-state index contributed by atoms with van der Waals surface area (Å²) in [5.74, 6) is 0.0428. The van der Waals surface area contributed by atoms with Crippen LogP contribution in [0.4, 0.5) is 0 Å². The highest BCUT2D eigenvalue weighted by Crippen LogP contribution is 2.23. The fourth-order valence-corrected chi connectivity index (χ4v) is 3.29. The molecule has 0 bridgehead atoms. The molecule has 1 aliphatic heterocycles. The van der Waals surface area contributed by atoms with Crippen LogP contribution in [0.1, 0.15) is 40.1 Å². The molecule has 4 heterocycles. The van der Waals surface area contributed by atoms with Crippen molar-refractivity contribution in [2.75, 3.05) is 13.1 Å². The van der Waals surface area contributed by atoms with Crippen LogP contribution in [0.3, 0.4) is 0 Å². The summed E-state index contributed by atoms with van der Waals surface area (Å²) >= 11 is 0. The molecule has 1 amide bonds. The first kappa shape index (κ1) is 15.5. The van der Waals surface area contributed by atoms with Crippen LogP contribution in [0.25, 0.3) is 16.8 Å². The van der Waals surface area contributed by atoms with Crippen LogP contribution in [0.15, 0.2) is 42.7 Å². The molecule has 3 aromatic heterocycles. The summed E-state index contributed by atoms with van der Waals surface area (Å²) in [5.41, 5.74) is 3.47. The normalized spacial score (nSPS) is 14.6. The molecule has 6 heteroatoms. The molecule has 6 nitrogen and oxygen atoms in total. The maximum Gasteiger partial charge on any atom is 0.257 e. The third-order valence-corrected chi connectivity index (χ3v) is 4.62. The van der Waals surface area contributed by atoms with Crippen molar-refractivity contribution in [1.82, 2.24) is 19.5 Å². The zero-order valence-corrected chi connectivity index (χ0v) is 13.8. The number of hydrogen-bond acceptors (Lipinski definition) is 4. The van der Waals surface area contributed by atoms with Gasteiger partial charge in [-0.2, -0.15) is 5.10 Å². The maximum absolute atomic E-state index is 12.8. The minimum Gasteiger partial charge on any atom is -0.339 e. The summed E-state index contributed by atoms with van der Waals surface area (Å²) in [6.45, 7) is 1.62. The molecule has 25 heavy (non-hydrogen) atoms. The number of piperidine rings is 1. The number of rotatable bonds is 3. The smallest absolute Gasteiger partial charge is 0.257 e. The topological polar surface area (TPSA) is 67.6 Å². The molecule has 3 aromatic rings. The van der Waals surface area contributed by atoms with Gasteiger partial charge in [-0.05, 0) is 43.5 Å². The molecule has 1 saturated heterocycles. The van der Waals surface area contributed by atoms with E-state index >= 15 is 0 Å². The zero-order chi connectivity index (χ0) is 17.2. The van der Waals surface area contributed by atoms with E-state index in [1.54, 1.807) is 23.0 Å². The van der Waals surface area contributed by atoms with E-state index < -0.39 is 0 Å². The van der Waals surface area contributed by atoms with E-state index in [1.165, 1.54) is 6.42 Å². The molecular weight excluding hydrogens is 316 g/mol. The monoisotopic (exact) mass is 334 g/mol. The molecular formula is C19H18N4O2. The predicted octanol–water partition coefficient (Wildman–Crippen LogP) is 2.83. The second-order valence-electron chi connectivity index (χ2n) is 6.21. The average Bonchev–Trinajstić information content (AvgIpc) is 3.12. The summed E-state index contributed by atoms with van der Waals surface area (Å²) < 4.78 is 1.76. The molecule has 0 unspecified atom stereocenters. The van der Waals surface area contributed by atoms with E-state index in [4.69, 9.17) is 0 Å². The third kappa shape index (κ3) is 2.80. The van der Waals surface area contributed by atoms with Crippen LogP contribution < -0.4 is 0 Å². The number of nitrogens with zero attached hydrogens (tertiary/aromatic N) is 4. The minimum absolute atomic E-state index is 0.0428. The summed E-state index contributed by atoms with van der Waals surface area (Å²) in [5, 5.41) is 4.43. The van der Waals surface area contributed by atoms with Gasteiger partial charge in [0.15, 0.2) is 6.29 Å². The van der Waals surface area contributed by atoms with Crippen molar-refractivity contribution < 1.29 is 9.59 Å². The number of pyridine rings is 2. The lowest BCUT2D eigenvalue weighted by Crippen LogP contribution is -2.35. The van der Waals surface area contributed by atoms with Crippen LogP contribution in [0.2, 0.25) is 0 Å². The van der Waals surface area contributed by atoms with Gasteiger partial charge < -0.3 is 4.90 Å². The lowest BCUT2D eigenvalue weighted by molar-refractivity contribution is 0.0726. The number of aldehydes is 1. The molecule has 1 aliphatic rings. The van der Waals surface area contributed by atoms with Gasteiger partial charge in [0.2, 0.25) is 0 Å². The highest BCUT2D eigenvalue weighted by Gasteiger charge is 2.22. The van der Waals surface area contributed by atoms with Gasteiger partial charge in [0.25, 0.3) is 5.91 Å². The first-order valence-electron chi connectivity index (χ1n) is 8.45. The van der Waals surface area contributed by atoms with Gasteiger partial charge in [0.05, 0.1) is 23.0 Å². The van der Waals surface area contributed by atoms with Crippen molar-refractivity contribution in [2.45, 2.75) is 19.3 Å². The van der Waals surface area contributed by atoms with E-state index in [0.717, 1.165) is 42.7 Å². The Bertz CT molecular complexity index is 924. The first-order valence-corrected chi connectivity index (χ1v) is 8.45. The molecule has 1 fully saturated rings. The molecule has 0 aromatic carbocycles. The van der Waals surface area contributed by atoms with Crippen LogP contribution in [0.5, 0.6) is 0 Å². The Balaban J connectivity index is 1.74. The third-order valence-electron chi connectivity index (χ3n) is 4.62. The van der Waals surface area contributed by atoms with Gasteiger partial charge in [-0.25, -0.2) is 4.52 Å². The molecule has 0 N–H and O–H groups in total. The minimum atomic E-state index is 0.0428. The number of aromatic nitrogens is 3. The molecule has 0 radical (unpaired) electrons. The van der Waals surface area contributed by atoms with Gasteiger partial charge >= 0.3 is 0 Å². The fraction of sp³-hybridized carbons (Fsp3) is 0.263. The van der Waals surface area contributed by atoms with Gasteiger partial charge in [0.1, 0.15) is 5.69 Å². The van der Waals surface area contributed by atoms with Crippen molar-refractivity contribution in [3.63, 3.8) is 0 Å². The van der Waals surface area contributed by atoms with Crippen LogP contribution in [-0.2, 0) is 0 Å². The number of carbonyl (C=O) groups excluding carboxylic acids is 2. The Morgan fingerprint density at radius 1 is 1.04 bits per heavy atom. The Morgan fingerprint density at radius 3 is 2.60 bits per heavy atom. The SMILES string of the molecule is O=Cc1ccc(-c2cccc3c(C(=O)N4CCCCC4)cnn23)cn1. The highest BCUT2D eigenvalue weighted by molar-refractivity contribution is 6.01. The maximum atomic E-state index is 12.8. The quantitative estimate of drug-likeness (QED) is 0.691. The summed E-state index contributed by atoms with van der Waals surface area (Å²) in [4.78, 5) is 29.6. The van der Waals surface area contributed by atoms with Crippen molar-refractivity contribution in [3.8, 4) is 11.3 Å². The molecule has 0 saturated carbocycles. The molecule has 0 aliphatic carbocycles. The standard InChI is InChI=1S/C19H18N4O2/c24-13-15-8-7-14(11-20-15)17-5-4-6-18-16(12-21-23(17)18)19(25)22-9-2-1-3-10-22/h4-8,11-13H,1-3,9-10H2. The largest absolute Gasteiger partial charge is 0.339 e. The van der Waals surface area contributed by atoms with Crippen molar-refractivity contribution >= 4 is 17.7 Å². The van der Waals surface area contributed by atoms with Gasteiger partial charge in [-0.3, -0.25) is 14.6 Å². The van der Waals surface area contributed by atoms with Gasteiger partial charge in [-0.1, -0.05) is 6.07 Å². The number of hydrogen-bond donors (Lipinski definition) is 0. The lowest BCUT2D eigenvalue weighted by Gasteiger charge is -2.26. The van der Waals surface area contributed by atoms with Crippen molar-refractivity contribution in [1.29, 1.82) is 0 Å². The van der Waals surface area contributed by atoms with Gasteiger partial charge in [-0.15, -0.1) is 0 Å². The molecule has 126 valence electrons. The molecule has 0 spiro atoms. The summed E-state index contributed by atoms with van der Waals surface area (Å²) in [6.07, 6.45) is 7.31. The average molecular weight is 334 g/mol. The second-order valence-corrected chi connectivity index (χ2v) is 6.21. The number of carbonyl (C=O) groups is 2. The van der Waals surface area contributed by atoms with Crippen LogP contribution in [0, 0.1) is 0 Å². The highest BCUT2D eigenvalue weighted by atomic mass is 16.2. The van der Waals surface area contributed by atoms with E-state index in [-0.39, 0.29) is 5.91 Å². The lowest BCUT2D eigenvalue weighted by atomic mass is 10.1.